The number of allylic oxidation sites excluding steroid dienone is 2. The van der Waals surface area contributed by atoms with Crippen LogP contribution in [0.15, 0.2) is 65.6 Å². The normalized spacial score (nSPS) is 11.4. The first-order chi connectivity index (χ1) is 8.74. The van der Waals surface area contributed by atoms with Gasteiger partial charge >= 0.3 is 0 Å². The average molecular weight is 253 g/mol. The topological polar surface area (TPSA) is 26.0 Å². The van der Waals surface area contributed by atoms with Crippen LogP contribution in [0, 0.1) is 0 Å². The quantitative estimate of drug-likeness (QED) is 0.476. The molecule has 0 aliphatic heterocycles. The minimum Gasteiger partial charge on any atom is -0.399 e. The molecule has 0 unspecified atom stereocenters. The van der Waals surface area contributed by atoms with Crippen LogP contribution in [0.4, 0.5) is 5.69 Å². The lowest BCUT2D eigenvalue weighted by atomic mass is 10.2. The van der Waals surface area contributed by atoms with Crippen molar-refractivity contribution in [3.8, 4) is 0 Å². The van der Waals surface area contributed by atoms with Gasteiger partial charge in [0, 0.05) is 10.6 Å². The highest BCUT2D eigenvalue weighted by Crippen LogP contribution is 2.10. The summed E-state index contributed by atoms with van der Waals surface area (Å²) >= 11 is 4.25. The maximum atomic E-state index is 5.63. The Kier molecular flexibility index (Phi) is 4.26. The van der Waals surface area contributed by atoms with Crippen molar-refractivity contribution >= 4 is 30.5 Å². The monoisotopic (exact) mass is 253 g/mol. The summed E-state index contributed by atoms with van der Waals surface area (Å²) in [5.74, 6) is 0. The summed E-state index contributed by atoms with van der Waals surface area (Å²) in [4.78, 5) is 0.976. The second kappa shape index (κ2) is 6.12. The van der Waals surface area contributed by atoms with Gasteiger partial charge in [-0.05, 0) is 35.4 Å². The van der Waals surface area contributed by atoms with Crippen LogP contribution in [-0.2, 0) is 0 Å². The van der Waals surface area contributed by atoms with E-state index in [0.717, 1.165) is 21.7 Å². The first-order valence-corrected chi connectivity index (χ1v) is 6.18. The zero-order chi connectivity index (χ0) is 12.8. The molecular formula is C16H15NS. The van der Waals surface area contributed by atoms with E-state index in [9.17, 15) is 0 Å². The lowest BCUT2D eigenvalue weighted by molar-refractivity contribution is 1.46. The molecule has 2 N–H and O–H groups in total. The van der Waals surface area contributed by atoms with Gasteiger partial charge in [-0.1, -0.05) is 48.6 Å². The standard InChI is InChI=1S/C16H15NS/c17-15-9-5-13(6-10-15)3-1-2-4-14-7-11-16(18)12-8-14/h1-12,18H,17H2/b3-1+,4-2+. The van der Waals surface area contributed by atoms with E-state index in [-0.39, 0.29) is 0 Å². The molecule has 1 nitrogen and oxygen atoms in total. The lowest BCUT2D eigenvalue weighted by Crippen LogP contribution is -1.82. The first kappa shape index (κ1) is 12.5. The maximum absolute atomic E-state index is 5.63. The molecular weight excluding hydrogens is 238 g/mol. The fourth-order valence-electron chi connectivity index (χ4n) is 1.53. The number of hydrogen-bond donors (Lipinski definition) is 2. The van der Waals surface area contributed by atoms with Crippen molar-refractivity contribution in [3.63, 3.8) is 0 Å². The van der Waals surface area contributed by atoms with Gasteiger partial charge in [-0.3, -0.25) is 0 Å². The smallest absolute Gasteiger partial charge is 0.0314 e. The van der Waals surface area contributed by atoms with Crippen molar-refractivity contribution in [1.82, 2.24) is 0 Å². The van der Waals surface area contributed by atoms with Gasteiger partial charge in [-0.25, -0.2) is 0 Å². The molecule has 18 heavy (non-hydrogen) atoms. The Morgan fingerprint density at radius 2 is 1.17 bits per heavy atom. The largest absolute Gasteiger partial charge is 0.399 e. The van der Waals surface area contributed by atoms with E-state index in [4.69, 9.17) is 5.73 Å². The molecule has 2 aromatic rings. The predicted octanol–water partition coefficient (Wildman–Crippen LogP) is 4.28. The predicted molar refractivity (Wildman–Crippen MR) is 82.6 cm³/mol. The fourth-order valence-corrected chi connectivity index (χ4v) is 1.67. The third-order valence-electron chi connectivity index (χ3n) is 2.52. The first-order valence-electron chi connectivity index (χ1n) is 5.73. The summed E-state index contributed by atoms with van der Waals surface area (Å²) in [6.07, 6.45) is 8.13. The molecule has 90 valence electrons. The van der Waals surface area contributed by atoms with Crippen LogP contribution in [-0.4, -0.2) is 0 Å². The van der Waals surface area contributed by atoms with Crippen molar-refractivity contribution < 1.29 is 0 Å². The van der Waals surface area contributed by atoms with Crippen molar-refractivity contribution in [2.45, 2.75) is 4.90 Å². The zero-order valence-electron chi connectivity index (χ0n) is 9.95. The molecule has 2 rings (SSSR count). The van der Waals surface area contributed by atoms with E-state index in [2.05, 4.69) is 18.7 Å². The van der Waals surface area contributed by atoms with Gasteiger partial charge in [0.1, 0.15) is 0 Å². The highest BCUT2D eigenvalue weighted by molar-refractivity contribution is 7.80. The van der Waals surface area contributed by atoms with Gasteiger partial charge in [-0.2, -0.15) is 0 Å². The molecule has 0 radical (unpaired) electrons. The maximum Gasteiger partial charge on any atom is 0.0314 e. The van der Waals surface area contributed by atoms with E-state index in [1.165, 1.54) is 0 Å². The summed E-state index contributed by atoms with van der Waals surface area (Å²) in [6.45, 7) is 0. The van der Waals surface area contributed by atoms with Crippen LogP contribution >= 0.6 is 12.6 Å². The fraction of sp³-hybridized carbons (Fsp3) is 0. The summed E-state index contributed by atoms with van der Waals surface area (Å²) < 4.78 is 0. The second-order valence-corrected chi connectivity index (χ2v) is 4.49. The van der Waals surface area contributed by atoms with E-state index in [1.54, 1.807) is 0 Å². The van der Waals surface area contributed by atoms with Gasteiger partial charge in [0.2, 0.25) is 0 Å². The van der Waals surface area contributed by atoms with Crippen LogP contribution in [0.2, 0.25) is 0 Å². The highest BCUT2D eigenvalue weighted by Gasteiger charge is 1.86. The molecule has 0 heterocycles. The van der Waals surface area contributed by atoms with Crippen molar-refractivity contribution in [2.75, 3.05) is 5.73 Å². The number of thiol groups is 1. The summed E-state index contributed by atoms with van der Waals surface area (Å²) in [5, 5.41) is 0. The lowest BCUT2D eigenvalue weighted by Gasteiger charge is -1.94. The molecule has 0 fully saturated rings. The number of benzene rings is 2. The molecule has 0 amide bonds. The highest BCUT2D eigenvalue weighted by atomic mass is 32.1. The molecule has 0 aliphatic carbocycles. The minimum absolute atomic E-state index is 0.787. The number of nitrogen functional groups attached to an aromatic ring is 1. The Balaban J connectivity index is 1.98. The molecule has 0 spiro atoms. The Bertz CT molecular complexity index is 497. The van der Waals surface area contributed by atoms with Crippen LogP contribution in [0.5, 0.6) is 0 Å². The Labute approximate surface area is 113 Å². The van der Waals surface area contributed by atoms with Crippen LogP contribution < -0.4 is 5.73 Å². The second-order valence-electron chi connectivity index (χ2n) is 3.98. The average Bonchev–Trinajstić information content (AvgIpc) is 2.39. The molecule has 0 saturated heterocycles. The molecule has 0 aliphatic rings. The van der Waals surface area contributed by atoms with Gasteiger partial charge in [0.15, 0.2) is 0 Å². The van der Waals surface area contributed by atoms with Gasteiger partial charge < -0.3 is 5.73 Å². The molecule has 0 atom stereocenters. The van der Waals surface area contributed by atoms with E-state index in [0.29, 0.717) is 0 Å². The zero-order valence-corrected chi connectivity index (χ0v) is 10.8. The van der Waals surface area contributed by atoms with E-state index >= 15 is 0 Å². The Morgan fingerprint density at radius 3 is 1.67 bits per heavy atom. The third-order valence-corrected chi connectivity index (χ3v) is 2.82. The third kappa shape index (κ3) is 3.82. The molecule has 2 aromatic carbocycles. The molecule has 0 aromatic heterocycles. The van der Waals surface area contributed by atoms with Crippen molar-refractivity contribution in [1.29, 1.82) is 0 Å². The number of anilines is 1. The van der Waals surface area contributed by atoms with Crippen LogP contribution in [0.1, 0.15) is 11.1 Å². The molecule has 2 heteroatoms. The minimum atomic E-state index is 0.787. The Hall–Kier alpha value is -1.93. The van der Waals surface area contributed by atoms with Crippen LogP contribution in [0.3, 0.4) is 0 Å². The SMILES string of the molecule is Nc1ccc(/C=C/C=C/c2ccc(S)cc2)cc1. The van der Waals surface area contributed by atoms with E-state index < -0.39 is 0 Å². The molecule has 0 saturated carbocycles. The summed E-state index contributed by atoms with van der Waals surface area (Å²) in [5.41, 5.74) is 8.71. The van der Waals surface area contributed by atoms with Crippen molar-refractivity contribution in [2.24, 2.45) is 0 Å². The van der Waals surface area contributed by atoms with Crippen molar-refractivity contribution in [3.05, 3.63) is 71.8 Å². The number of nitrogens with two attached hydrogens (primary N) is 1. The Morgan fingerprint density at radius 1 is 0.722 bits per heavy atom. The van der Waals surface area contributed by atoms with Gasteiger partial charge in [0.05, 0.1) is 0 Å². The molecule has 0 bridgehead atoms. The summed E-state index contributed by atoms with van der Waals surface area (Å²) in [6, 6.07) is 15.8. The van der Waals surface area contributed by atoms with E-state index in [1.807, 2.05) is 66.8 Å². The van der Waals surface area contributed by atoms with Gasteiger partial charge in [-0.15, -0.1) is 12.6 Å². The van der Waals surface area contributed by atoms with Gasteiger partial charge in [0.25, 0.3) is 0 Å². The summed E-state index contributed by atoms with van der Waals surface area (Å²) in [7, 11) is 0. The van der Waals surface area contributed by atoms with Crippen LogP contribution in [0.25, 0.3) is 12.2 Å². The number of hydrogen-bond acceptors (Lipinski definition) is 2. The number of rotatable bonds is 3.